The van der Waals surface area contributed by atoms with E-state index in [0.717, 1.165) is 5.92 Å². The van der Waals surface area contributed by atoms with Gasteiger partial charge >= 0.3 is 0 Å². The summed E-state index contributed by atoms with van der Waals surface area (Å²) in [4.78, 5) is 0. The monoisotopic (exact) mass is 238 g/mol. The van der Waals surface area contributed by atoms with Crippen LogP contribution in [-0.2, 0) is 0 Å². The van der Waals surface area contributed by atoms with Crippen LogP contribution in [-0.4, -0.2) is 0 Å². The Labute approximate surface area is 110 Å². The van der Waals surface area contributed by atoms with Gasteiger partial charge < -0.3 is 0 Å². The molecule has 1 saturated carbocycles. The van der Waals surface area contributed by atoms with Gasteiger partial charge in [-0.3, -0.25) is 0 Å². The first-order valence-electron chi connectivity index (χ1n) is 8.10. The molecule has 1 fully saturated rings. The van der Waals surface area contributed by atoms with Crippen LogP contribution in [0.3, 0.4) is 0 Å². The van der Waals surface area contributed by atoms with Crippen LogP contribution in [0.15, 0.2) is 0 Å². The van der Waals surface area contributed by atoms with E-state index in [1.807, 2.05) is 0 Å². The van der Waals surface area contributed by atoms with E-state index >= 15 is 0 Å². The summed E-state index contributed by atoms with van der Waals surface area (Å²) in [5.74, 6) is 0.978. The Hall–Kier alpha value is 0. The normalized spacial score (nSPS) is 29.5. The fraction of sp³-hybridized carbons (Fsp3) is 1.00. The predicted molar refractivity (Wildman–Crippen MR) is 78.3 cm³/mol. The maximum absolute atomic E-state index is 2.47. The quantitative estimate of drug-likeness (QED) is 0.461. The van der Waals surface area contributed by atoms with Crippen LogP contribution in [0.1, 0.15) is 97.8 Å². The average Bonchev–Trinajstić information content (AvgIpc) is 2.26. The molecule has 0 nitrogen and oxygen atoms in total. The third-order valence-corrected chi connectivity index (χ3v) is 4.60. The Bertz CT molecular complexity index is 180. The minimum absolute atomic E-state index is 0.607. The zero-order valence-corrected chi connectivity index (χ0v) is 12.6. The molecule has 0 radical (unpaired) electrons. The molecular formula is C17H34. The van der Waals surface area contributed by atoms with E-state index in [-0.39, 0.29) is 0 Å². The Morgan fingerprint density at radius 2 is 1.06 bits per heavy atom. The second-order valence-corrected chi connectivity index (χ2v) is 7.18. The van der Waals surface area contributed by atoms with Crippen LogP contribution in [0.4, 0.5) is 0 Å². The molecule has 17 heavy (non-hydrogen) atoms. The Morgan fingerprint density at radius 3 is 1.65 bits per heavy atom. The molecule has 1 unspecified atom stereocenters. The summed E-state index contributed by atoms with van der Waals surface area (Å²) in [6, 6.07) is 0. The first-order chi connectivity index (χ1) is 8.10. The summed E-state index contributed by atoms with van der Waals surface area (Å²) in [5.41, 5.74) is 0.607. The van der Waals surface area contributed by atoms with Crippen LogP contribution >= 0.6 is 0 Å². The highest BCUT2D eigenvalue weighted by Crippen LogP contribution is 2.31. The van der Waals surface area contributed by atoms with Crippen molar-refractivity contribution in [3.63, 3.8) is 0 Å². The molecular weight excluding hydrogens is 204 g/mol. The van der Waals surface area contributed by atoms with E-state index in [1.54, 1.807) is 0 Å². The average molecular weight is 238 g/mol. The van der Waals surface area contributed by atoms with Gasteiger partial charge in [0.15, 0.2) is 0 Å². The smallest absolute Gasteiger partial charge is 0.0354 e. The zero-order valence-electron chi connectivity index (χ0n) is 12.6. The molecule has 0 spiro atoms. The molecule has 0 aliphatic heterocycles. The first kappa shape index (κ1) is 15.1. The van der Waals surface area contributed by atoms with Gasteiger partial charge in [0.2, 0.25) is 0 Å². The third-order valence-electron chi connectivity index (χ3n) is 4.60. The second-order valence-electron chi connectivity index (χ2n) is 7.18. The Kier molecular flexibility index (Phi) is 7.23. The van der Waals surface area contributed by atoms with E-state index < -0.39 is 0 Å². The van der Waals surface area contributed by atoms with Gasteiger partial charge in [-0.2, -0.15) is 0 Å². The lowest BCUT2D eigenvalue weighted by atomic mass is 9.81. The van der Waals surface area contributed by atoms with Crippen molar-refractivity contribution < 1.29 is 0 Å². The van der Waals surface area contributed by atoms with Crippen LogP contribution in [0.2, 0.25) is 0 Å². The first-order valence-corrected chi connectivity index (χ1v) is 8.10. The standard InChI is InChI=1S/C17H34/c1-16-12-8-5-4-6-10-14-17(2,3)15-11-7-9-13-16/h16H,4-15H2,1-3H3. The largest absolute Gasteiger partial charge is 0.0625 e. The van der Waals surface area contributed by atoms with Crippen LogP contribution in [0.5, 0.6) is 0 Å². The Balaban J connectivity index is 2.29. The van der Waals surface area contributed by atoms with Gasteiger partial charge in [0.1, 0.15) is 0 Å². The van der Waals surface area contributed by atoms with Crippen molar-refractivity contribution in [1.29, 1.82) is 0 Å². The van der Waals surface area contributed by atoms with Crippen molar-refractivity contribution in [1.82, 2.24) is 0 Å². The summed E-state index contributed by atoms with van der Waals surface area (Å²) in [6.45, 7) is 7.40. The molecule has 0 aromatic heterocycles. The summed E-state index contributed by atoms with van der Waals surface area (Å²) in [5, 5.41) is 0. The van der Waals surface area contributed by atoms with Crippen molar-refractivity contribution in [2.45, 2.75) is 97.8 Å². The lowest BCUT2D eigenvalue weighted by Gasteiger charge is -2.25. The van der Waals surface area contributed by atoms with Crippen LogP contribution in [0, 0.1) is 11.3 Å². The molecule has 0 heterocycles. The lowest BCUT2D eigenvalue weighted by molar-refractivity contribution is 0.278. The summed E-state index contributed by atoms with van der Waals surface area (Å²) in [6.07, 6.45) is 17.6. The number of rotatable bonds is 0. The second kappa shape index (κ2) is 8.16. The number of hydrogen-bond acceptors (Lipinski definition) is 0. The van der Waals surface area contributed by atoms with Crippen molar-refractivity contribution in [2.75, 3.05) is 0 Å². The maximum Gasteiger partial charge on any atom is -0.0354 e. The van der Waals surface area contributed by atoms with Gasteiger partial charge in [0.25, 0.3) is 0 Å². The minimum atomic E-state index is 0.607. The maximum atomic E-state index is 2.47. The molecule has 1 rings (SSSR count). The molecule has 1 aliphatic rings. The summed E-state index contributed by atoms with van der Waals surface area (Å²) >= 11 is 0. The molecule has 0 N–H and O–H groups in total. The highest BCUT2D eigenvalue weighted by molar-refractivity contribution is 4.69. The van der Waals surface area contributed by atoms with Gasteiger partial charge in [-0.1, -0.05) is 85.0 Å². The SMILES string of the molecule is CC1CCCCCCCC(C)(C)CCCCC1. The van der Waals surface area contributed by atoms with Gasteiger partial charge in [0.05, 0.1) is 0 Å². The highest BCUT2D eigenvalue weighted by Gasteiger charge is 2.16. The summed E-state index contributed by atoms with van der Waals surface area (Å²) in [7, 11) is 0. The van der Waals surface area contributed by atoms with E-state index in [0.29, 0.717) is 5.41 Å². The van der Waals surface area contributed by atoms with E-state index in [1.165, 1.54) is 77.0 Å². The number of hydrogen-bond donors (Lipinski definition) is 0. The van der Waals surface area contributed by atoms with Gasteiger partial charge in [0, 0.05) is 0 Å². The molecule has 1 aliphatic carbocycles. The van der Waals surface area contributed by atoms with Crippen molar-refractivity contribution in [3.05, 3.63) is 0 Å². The molecule has 0 aromatic rings. The molecule has 0 heteroatoms. The Morgan fingerprint density at radius 1 is 0.647 bits per heavy atom. The molecule has 0 amide bonds. The molecule has 1 atom stereocenters. The van der Waals surface area contributed by atoms with Crippen LogP contribution in [0.25, 0.3) is 0 Å². The van der Waals surface area contributed by atoms with Gasteiger partial charge in [-0.05, 0) is 24.2 Å². The summed E-state index contributed by atoms with van der Waals surface area (Å²) < 4.78 is 0. The minimum Gasteiger partial charge on any atom is -0.0625 e. The molecule has 0 bridgehead atoms. The molecule has 0 aromatic carbocycles. The van der Waals surface area contributed by atoms with E-state index in [4.69, 9.17) is 0 Å². The van der Waals surface area contributed by atoms with Crippen molar-refractivity contribution in [2.24, 2.45) is 11.3 Å². The van der Waals surface area contributed by atoms with Crippen molar-refractivity contribution in [3.8, 4) is 0 Å². The van der Waals surface area contributed by atoms with Gasteiger partial charge in [-0.25, -0.2) is 0 Å². The predicted octanol–water partition coefficient (Wildman–Crippen LogP) is 6.34. The molecule has 102 valence electrons. The fourth-order valence-corrected chi connectivity index (χ4v) is 3.17. The van der Waals surface area contributed by atoms with Crippen LogP contribution < -0.4 is 0 Å². The van der Waals surface area contributed by atoms with E-state index in [2.05, 4.69) is 20.8 Å². The highest BCUT2D eigenvalue weighted by atomic mass is 14.2. The molecule has 0 saturated heterocycles. The topological polar surface area (TPSA) is 0 Å². The lowest BCUT2D eigenvalue weighted by Crippen LogP contribution is -2.11. The van der Waals surface area contributed by atoms with Crippen molar-refractivity contribution >= 4 is 0 Å². The third kappa shape index (κ3) is 7.84. The van der Waals surface area contributed by atoms with E-state index in [9.17, 15) is 0 Å². The fourth-order valence-electron chi connectivity index (χ4n) is 3.17. The zero-order chi connectivity index (χ0) is 12.6. The van der Waals surface area contributed by atoms with Gasteiger partial charge in [-0.15, -0.1) is 0 Å².